The molecule has 4 rings (SSSR count). The van der Waals surface area contributed by atoms with E-state index in [-0.39, 0.29) is 18.1 Å². The van der Waals surface area contributed by atoms with Crippen molar-refractivity contribution in [1.82, 2.24) is 15.4 Å². The molecule has 1 fully saturated rings. The average molecular weight is 447 g/mol. The van der Waals surface area contributed by atoms with Crippen LogP contribution in [0.5, 0.6) is 5.75 Å². The van der Waals surface area contributed by atoms with Crippen LogP contribution in [0.1, 0.15) is 56.3 Å². The van der Waals surface area contributed by atoms with Gasteiger partial charge in [-0.05, 0) is 51.0 Å². The summed E-state index contributed by atoms with van der Waals surface area (Å²) in [6.07, 6.45) is 4.80. The summed E-state index contributed by atoms with van der Waals surface area (Å²) in [6.45, 7) is 3.93. The first-order valence-electron chi connectivity index (χ1n) is 11.5. The number of nitrogens with one attached hydrogen (secondary N) is 1. The third-order valence-electron chi connectivity index (χ3n) is 5.89. The highest BCUT2D eigenvalue weighted by Crippen LogP contribution is 2.32. The van der Waals surface area contributed by atoms with Crippen LogP contribution in [-0.4, -0.2) is 34.1 Å². The van der Waals surface area contributed by atoms with Gasteiger partial charge in [-0.1, -0.05) is 49.6 Å². The molecule has 1 aromatic heterocycles. The van der Waals surface area contributed by atoms with Gasteiger partial charge in [-0.2, -0.15) is 0 Å². The zero-order valence-corrected chi connectivity index (χ0v) is 19.1. The van der Waals surface area contributed by atoms with Gasteiger partial charge in [0.2, 0.25) is 0 Å². The van der Waals surface area contributed by atoms with Gasteiger partial charge in [0.15, 0.2) is 0 Å². The summed E-state index contributed by atoms with van der Waals surface area (Å²) in [5, 5.41) is 2.00. The normalized spacial score (nSPS) is 14.3. The van der Waals surface area contributed by atoms with E-state index in [1.165, 1.54) is 5.01 Å². The van der Waals surface area contributed by atoms with Gasteiger partial charge < -0.3 is 10.5 Å². The number of para-hydroxylation sites is 2. The van der Waals surface area contributed by atoms with Crippen LogP contribution in [0, 0.1) is 0 Å². The number of benzene rings is 2. The van der Waals surface area contributed by atoms with Crippen molar-refractivity contribution in [1.29, 1.82) is 0 Å². The van der Waals surface area contributed by atoms with Crippen molar-refractivity contribution in [2.45, 2.75) is 58.1 Å². The van der Waals surface area contributed by atoms with Gasteiger partial charge in [-0.3, -0.25) is 10.2 Å². The molecule has 0 atom stereocenters. The summed E-state index contributed by atoms with van der Waals surface area (Å²) in [6, 6.07) is 16.1. The van der Waals surface area contributed by atoms with Gasteiger partial charge in [0, 0.05) is 10.9 Å². The highest BCUT2D eigenvalue weighted by molar-refractivity contribution is 6.07. The average Bonchev–Trinajstić information content (AvgIpc) is 2.82. The molecule has 3 aromatic rings. The number of aromatic nitrogens is 1. The Morgan fingerprint density at radius 1 is 1.06 bits per heavy atom. The minimum atomic E-state index is -0.649. The number of urea groups is 1. The maximum atomic E-state index is 13.4. The second-order valence-electron chi connectivity index (χ2n) is 8.68. The maximum absolute atomic E-state index is 13.4. The second kappa shape index (κ2) is 9.90. The Labute approximate surface area is 193 Å². The first-order valence-corrected chi connectivity index (χ1v) is 11.5. The number of nitrogens with zero attached hydrogens (tertiary/aromatic N) is 2. The van der Waals surface area contributed by atoms with Crippen LogP contribution < -0.4 is 15.9 Å². The number of carbonyl (C=O) groups excluding carboxylic acids is 2. The smallest absolute Gasteiger partial charge is 0.333 e. The number of fused-ring (bicyclic) bond motifs is 1. The van der Waals surface area contributed by atoms with Crippen LogP contribution in [0.2, 0.25) is 0 Å². The Hall–Kier alpha value is -3.61. The Kier molecular flexibility index (Phi) is 6.77. The first kappa shape index (κ1) is 22.6. The molecule has 0 saturated heterocycles. The number of primary amides is 1. The molecule has 1 heterocycles. The van der Waals surface area contributed by atoms with Crippen molar-refractivity contribution in [3.05, 3.63) is 60.2 Å². The van der Waals surface area contributed by atoms with Crippen LogP contribution in [0.25, 0.3) is 22.2 Å². The predicted octanol–water partition coefficient (Wildman–Crippen LogP) is 5.05. The van der Waals surface area contributed by atoms with E-state index in [0.717, 1.165) is 37.7 Å². The number of hydrogen-bond donors (Lipinski definition) is 2. The fraction of sp³-hybridized carbons (Fsp3) is 0.346. The molecule has 0 bridgehead atoms. The molecule has 1 aliphatic carbocycles. The number of rotatable bonds is 5. The summed E-state index contributed by atoms with van der Waals surface area (Å²) in [7, 11) is 0. The van der Waals surface area contributed by atoms with Gasteiger partial charge in [-0.15, -0.1) is 0 Å². The lowest BCUT2D eigenvalue weighted by Crippen LogP contribution is -2.54. The molecule has 33 heavy (non-hydrogen) atoms. The zero-order chi connectivity index (χ0) is 23.4. The second-order valence-corrected chi connectivity index (χ2v) is 8.68. The molecule has 7 nitrogen and oxygen atoms in total. The van der Waals surface area contributed by atoms with Crippen molar-refractivity contribution >= 4 is 22.8 Å². The van der Waals surface area contributed by atoms with Gasteiger partial charge >= 0.3 is 6.03 Å². The highest BCUT2D eigenvalue weighted by Gasteiger charge is 2.27. The van der Waals surface area contributed by atoms with Crippen LogP contribution in [0.4, 0.5) is 4.79 Å². The summed E-state index contributed by atoms with van der Waals surface area (Å²) in [5.74, 6) is 0.309. The maximum Gasteiger partial charge on any atom is 0.333 e. The lowest BCUT2D eigenvalue weighted by atomic mass is 9.95. The third kappa shape index (κ3) is 5.08. The van der Waals surface area contributed by atoms with Crippen molar-refractivity contribution in [3.63, 3.8) is 0 Å². The van der Waals surface area contributed by atoms with Crippen LogP contribution in [0.15, 0.2) is 54.6 Å². The number of pyridine rings is 1. The molecule has 3 N–H and O–H groups in total. The molecule has 2 aromatic carbocycles. The third-order valence-corrected chi connectivity index (χ3v) is 5.89. The Morgan fingerprint density at radius 2 is 1.76 bits per heavy atom. The molecular formula is C26H30N4O3. The Morgan fingerprint density at radius 3 is 2.48 bits per heavy atom. The number of carbonyl (C=O) groups is 2. The van der Waals surface area contributed by atoms with Gasteiger partial charge in [0.25, 0.3) is 5.91 Å². The molecule has 172 valence electrons. The minimum absolute atomic E-state index is 0.00556. The monoisotopic (exact) mass is 446 g/mol. The predicted molar refractivity (Wildman–Crippen MR) is 129 cm³/mol. The van der Waals surface area contributed by atoms with E-state index >= 15 is 0 Å². The number of nitrogens with two attached hydrogens (primary N) is 1. The van der Waals surface area contributed by atoms with Gasteiger partial charge in [0.05, 0.1) is 28.9 Å². The molecule has 1 saturated carbocycles. The molecular weight excluding hydrogens is 416 g/mol. The standard InChI is InChI=1S/C26H30N4O3/c1-17(2)33-24-15-9-7-13-20(24)23-16-21(19-12-6-8-14-22(19)28-23)25(31)29-30(26(27)32)18-10-4-3-5-11-18/h6-9,12-18H,3-5,10-11H2,1-2H3,(H2,27,32)(H,29,31). The molecule has 0 radical (unpaired) electrons. The number of amides is 3. The summed E-state index contributed by atoms with van der Waals surface area (Å²) in [4.78, 5) is 30.4. The Balaban J connectivity index is 1.75. The van der Waals surface area contributed by atoms with E-state index in [2.05, 4.69) is 5.43 Å². The number of hydrogen-bond acceptors (Lipinski definition) is 4. The van der Waals surface area contributed by atoms with Crippen molar-refractivity contribution < 1.29 is 14.3 Å². The van der Waals surface area contributed by atoms with Crippen molar-refractivity contribution in [3.8, 4) is 17.0 Å². The number of hydrazine groups is 1. The van der Waals surface area contributed by atoms with E-state index in [0.29, 0.717) is 27.9 Å². The van der Waals surface area contributed by atoms with E-state index in [4.69, 9.17) is 15.5 Å². The fourth-order valence-corrected chi connectivity index (χ4v) is 4.37. The van der Waals surface area contributed by atoms with E-state index in [9.17, 15) is 9.59 Å². The van der Waals surface area contributed by atoms with Crippen LogP contribution in [-0.2, 0) is 0 Å². The van der Waals surface area contributed by atoms with Crippen molar-refractivity contribution in [2.75, 3.05) is 0 Å². The zero-order valence-electron chi connectivity index (χ0n) is 19.1. The largest absolute Gasteiger partial charge is 0.490 e. The van der Waals surface area contributed by atoms with E-state index < -0.39 is 6.03 Å². The first-order chi connectivity index (χ1) is 15.9. The molecule has 0 spiro atoms. The quantitative estimate of drug-likeness (QED) is 0.536. The summed E-state index contributed by atoms with van der Waals surface area (Å²) in [5.41, 5.74) is 10.9. The molecule has 1 aliphatic rings. The summed E-state index contributed by atoms with van der Waals surface area (Å²) < 4.78 is 5.98. The lowest BCUT2D eigenvalue weighted by Gasteiger charge is -2.33. The van der Waals surface area contributed by atoms with Crippen molar-refractivity contribution in [2.24, 2.45) is 5.73 Å². The summed E-state index contributed by atoms with van der Waals surface area (Å²) >= 11 is 0. The lowest BCUT2D eigenvalue weighted by molar-refractivity contribution is 0.0733. The van der Waals surface area contributed by atoms with Crippen LogP contribution >= 0.6 is 0 Å². The minimum Gasteiger partial charge on any atom is -0.490 e. The number of ether oxygens (including phenoxy) is 1. The van der Waals surface area contributed by atoms with E-state index in [1.807, 2.05) is 62.4 Å². The molecule has 0 aliphatic heterocycles. The van der Waals surface area contributed by atoms with Crippen LogP contribution in [0.3, 0.4) is 0 Å². The topological polar surface area (TPSA) is 97.5 Å². The van der Waals surface area contributed by atoms with E-state index in [1.54, 1.807) is 6.07 Å². The SMILES string of the molecule is CC(C)Oc1ccccc1-c1cc(C(=O)NN(C(N)=O)C2CCCCC2)c2ccccc2n1. The molecule has 0 unspecified atom stereocenters. The highest BCUT2D eigenvalue weighted by atomic mass is 16.5. The van der Waals surface area contributed by atoms with Gasteiger partial charge in [-0.25, -0.2) is 14.8 Å². The molecule has 7 heteroatoms. The van der Waals surface area contributed by atoms with Gasteiger partial charge in [0.1, 0.15) is 5.75 Å². The molecule has 3 amide bonds. The Bertz CT molecular complexity index is 1160. The fourth-order valence-electron chi connectivity index (χ4n) is 4.37.